The predicted octanol–water partition coefficient (Wildman–Crippen LogP) is 3.29. The van der Waals surface area contributed by atoms with Crippen molar-refractivity contribution in [1.82, 2.24) is 9.78 Å². The molecular formula is C15H12N4O2S. The van der Waals surface area contributed by atoms with E-state index in [2.05, 4.69) is 10.1 Å². The number of benzene rings is 2. The van der Waals surface area contributed by atoms with E-state index in [1.807, 2.05) is 37.4 Å². The van der Waals surface area contributed by atoms with Crippen molar-refractivity contribution in [2.75, 3.05) is 0 Å². The van der Waals surface area contributed by atoms with Crippen LogP contribution in [0.1, 0.15) is 0 Å². The molecule has 0 aliphatic rings. The van der Waals surface area contributed by atoms with E-state index in [9.17, 15) is 10.1 Å². The average molecular weight is 312 g/mol. The number of hydrogen-bond donors (Lipinski definition) is 0. The van der Waals surface area contributed by atoms with Crippen LogP contribution in [0.2, 0.25) is 0 Å². The SMILES string of the molecule is Cn1nc(-c2ccccc2)sc1=Nc1ccc([N+](=O)[O-])cc1. The second kappa shape index (κ2) is 5.90. The summed E-state index contributed by atoms with van der Waals surface area (Å²) >= 11 is 1.47. The minimum absolute atomic E-state index is 0.0533. The third-order valence-corrected chi connectivity index (χ3v) is 4.06. The van der Waals surface area contributed by atoms with Crippen molar-refractivity contribution >= 4 is 22.7 Å². The summed E-state index contributed by atoms with van der Waals surface area (Å²) in [4.78, 5) is 15.4. The van der Waals surface area contributed by atoms with Crippen LogP contribution in [0.5, 0.6) is 0 Å². The van der Waals surface area contributed by atoms with Gasteiger partial charge in [-0.2, -0.15) is 5.10 Å². The summed E-state index contributed by atoms with van der Waals surface area (Å²) in [6, 6.07) is 16.0. The number of rotatable bonds is 3. The molecule has 0 amide bonds. The molecule has 0 radical (unpaired) electrons. The monoisotopic (exact) mass is 312 g/mol. The van der Waals surface area contributed by atoms with Gasteiger partial charge in [0.25, 0.3) is 5.69 Å². The number of nitro groups is 1. The Morgan fingerprint density at radius 3 is 2.45 bits per heavy atom. The largest absolute Gasteiger partial charge is 0.269 e. The molecule has 0 unspecified atom stereocenters. The zero-order valence-corrected chi connectivity index (χ0v) is 12.5. The maximum absolute atomic E-state index is 10.6. The lowest BCUT2D eigenvalue weighted by Gasteiger charge is -1.93. The third kappa shape index (κ3) is 2.94. The van der Waals surface area contributed by atoms with Crippen LogP contribution < -0.4 is 4.80 Å². The summed E-state index contributed by atoms with van der Waals surface area (Å²) in [7, 11) is 1.83. The summed E-state index contributed by atoms with van der Waals surface area (Å²) in [6.45, 7) is 0. The number of nitro benzene ring substituents is 1. The second-order valence-electron chi connectivity index (χ2n) is 4.56. The van der Waals surface area contributed by atoms with Gasteiger partial charge in [-0.05, 0) is 12.1 Å². The first-order chi connectivity index (χ1) is 10.6. The van der Waals surface area contributed by atoms with E-state index in [0.717, 1.165) is 15.4 Å². The number of non-ortho nitro benzene ring substituents is 1. The molecule has 0 bridgehead atoms. The molecule has 22 heavy (non-hydrogen) atoms. The number of aryl methyl sites for hydroxylation is 1. The molecule has 1 heterocycles. The van der Waals surface area contributed by atoms with Crippen molar-refractivity contribution in [2.24, 2.45) is 12.0 Å². The molecule has 0 atom stereocenters. The van der Waals surface area contributed by atoms with Crippen molar-refractivity contribution < 1.29 is 4.92 Å². The predicted molar refractivity (Wildman–Crippen MR) is 84.8 cm³/mol. The Kier molecular flexibility index (Phi) is 3.80. The fourth-order valence-corrected chi connectivity index (χ4v) is 2.82. The van der Waals surface area contributed by atoms with Gasteiger partial charge in [0.05, 0.1) is 10.6 Å². The van der Waals surface area contributed by atoms with E-state index in [0.29, 0.717) is 5.69 Å². The van der Waals surface area contributed by atoms with E-state index in [4.69, 9.17) is 0 Å². The van der Waals surface area contributed by atoms with Crippen molar-refractivity contribution in [3.63, 3.8) is 0 Å². The highest BCUT2D eigenvalue weighted by Crippen LogP contribution is 2.20. The van der Waals surface area contributed by atoms with E-state index in [1.54, 1.807) is 16.8 Å². The summed E-state index contributed by atoms with van der Waals surface area (Å²) in [6.07, 6.45) is 0. The van der Waals surface area contributed by atoms with Crippen LogP contribution in [0.3, 0.4) is 0 Å². The third-order valence-electron chi connectivity index (χ3n) is 3.01. The van der Waals surface area contributed by atoms with Crippen LogP contribution in [0.15, 0.2) is 59.6 Å². The Labute approximate surface area is 130 Å². The number of hydrogen-bond acceptors (Lipinski definition) is 5. The van der Waals surface area contributed by atoms with Crippen LogP contribution in [0.25, 0.3) is 10.6 Å². The summed E-state index contributed by atoms with van der Waals surface area (Å²) < 4.78 is 1.70. The van der Waals surface area contributed by atoms with Gasteiger partial charge in [0.15, 0.2) is 0 Å². The summed E-state index contributed by atoms with van der Waals surface area (Å²) in [5, 5.41) is 16.0. The zero-order chi connectivity index (χ0) is 15.5. The Bertz CT molecular complexity index is 867. The van der Waals surface area contributed by atoms with Gasteiger partial charge in [0.2, 0.25) is 4.80 Å². The van der Waals surface area contributed by atoms with E-state index < -0.39 is 4.92 Å². The van der Waals surface area contributed by atoms with Gasteiger partial charge in [-0.1, -0.05) is 41.7 Å². The Morgan fingerprint density at radius 1 is 1.14 bits per heavy atom. The highest BCUT2D eigenvalue weighted by atomic mass is 32.1. The smallest absolute Gasteiger partial charge is 0.258 e. The lowest BCUT2D eigenvalue weighted by atomic mass is 10.2. The lowest BCUT2D eigenvalue weighted by molar-refractivity contribution is -0.384. The zero-order valence-electron chi connectivity index (χ0n) is 11.7. The van der Waals surface area contributed by atoms with Crippen molar-refractivity contribution in [2.45, 2.75) is 0 Å². The minimum Gasteiger partial charge on any atom is -0.258 e. The van der Waals surface area contributed by atoms with Gasteiger partial charge in [-0.3, -0.25) is 10.1 Å². The molecule has 0 N–H and O–H groups in total. The Balaban J connectivity index is 1.98. The minimum atomic E-state index is -0.427. The molecule has 6 nitrogen and oxygen atoms in total. The Morgan fingerprint density at radius 2 is 1.82 bits per heavy atom. The highest BCUT2D eigenvalue weighted by Gasteiger charge is 2.06. The van der Waals surface area contributed by atoms with Crippen molar-refractivity contribution in [3.05, 3.63) is 69.5 Å². The lowest BCUT2D eigenvalue weighted by Crippen LogP contribution is -2.10. The van der Waals surface area contributed by atoms with Crippen LogP contribution in [0, 0.1) is 10.1 Å². The van der Waals surface area contributed by atoms with Gasteiger partial charge < -0.3 is 0 Å². The molecular weight excluding hydrogens is 300 g/mol. The summed E-state index contributed by atoms with van der Waals surface area (Å²) in [5.41, 5.74) is 1.75. The van der Waals surface area contributed by atoms with E-state index >= 15 is 0 Å². The quantitative estimate of drug-likeness (QED) is 0.550. The highest BCUT2D eigenvalue weighted by molar-refractivity contribution is 7.12. The molecule has 110 valence electrons. The molecule has 3 rings (SSSR count). The molecule has 0 aliphatic heterocycles. The molecule has 0 aliphatic carbocycles. The molecule has 2 aromatic carbocycles. The number of aromatic nitrogens is 2. The van der Waals surface area contributed by atoms with Crippen molar-refractivity contribution in [1.29, 1.82) is 0 Å². The first kappa shape index (κ1) is 14.2. The molecule has 7 heteroatoms. The van der Waals surface area contributed by atoms with Gasteiger partial charge in [0, 0.05) is 24.7 Å². The topological polar surface area (TPSA) is 73.3 Å². The maximum Gasteiger partial charge on any atom is 0.269 e. The van der Waals surface area contributed by atoms with Crippen LogP contribution >= 0.6 is 11.3 Å². The first-order valence-corrected chi connectivity index (χ1v) is 7.34. The fourth-order valence-electron chi connectivity index (χ4n) is 1.90. The van der Waals surface area contributed by atoms with Crippen LogP contribution in [-0.2, 0) is 7.05 Å². The second-order valence-corrected chi connectivity index (χ2v) is 5.52. The van der Waals surface area contributed by atoms with Gasteiger partial charge >= 0.3 is 0 Å². The van der Waals surface area contributed by atoms with Gasteiger partial charge in [0.1, 0.15) is 5.01 Å². The van der Waals surface area contributed by atoms with E-state index in [1.165, 1.54) is 23.5 Å². The van der Waals surface area contributed by atoms with Crippen molar-refractivity contribution in [3.8, 4) is 10.6 Å². The summed E-state index contributed by atoms with van der Waals surface area (Å²) in [5.74, 6) is 0. The average Bonchev–Trinajstić information content (AvgIpc) is 2.90. The van der Waals surface area contributed by atoms with E-state index in [-0.39, 0.29) is 5.69 Å². The molecule has 0 spiro atoms. The maximum atomic E-state index is 10.6. The Hall–Kier alpha value is -2.80. The molecule has 0 fully saturated rings. The fraction of sp³-hybridized carbons (Fsp3) is 0.0667. The molecule has 0 saturated carbocycles. The van der Waals surface area contributed by atoms with Crippen LogP contribution in [-0.4, -0.2) is 14.7 Å². The normalized spacial score (nSPS) is 11.6. The molecule has 3 aromatic rings. The van der Waals surface area contributed by atoms with Gasteiger partial charge in [-0.15, -0.1) is 0 Å². The molecule has 0 saturated heterocycles. The standard InChI is InChI=1S/C15H12N4O2S/c1-18-15(16-12-7-9-13(10-8-12)19(20)21)22-14(17-18)11-5-3-2-4-6-11/h2-10H,1H3. The first-order valence-electron chi connectivity index (χ1n) is 6.52. The number of nitrogens with zero attached hydrogens (tertiary/aromatic N) is 4. The molecule has 1 aromatic heterocycles. The van der Waals surface area contributed by atoms with Crippen LogP contribution in [0.4, 0.5) is 11.4 Å². The van der Waals surface area contributed by atoms with Gasteiger partial charge in [-0.25, -0.2) is 9.67 Å².